The number of hydrogen-bond acceptors (Lipinski definition) is 4. The van der Waals surface area contributed by atoms with Crippen molar-refractivity contribution in [2.24, 2.45) is 5.92 Å². The van der Waals surface area contributed by atoms with Gasteiger partial charge in [-0.3, -0.25) is 4.90 Å². The normalized spacial score (nSPS) is 11.7. The van der Waals surface area contributed by atoms with Crippen LogP contribution in [0.4, 0.5) is 0 Å². The van der Waals surface area contributed by atoms with Crippen LogP contribution in [0, 0.1) is 5.92 Å². The topological polar surface area (TPSA) is 41.5 Å². The first-order valence-electron chi connectivity index (χ1n) is 7.11. The number of nitrogens with zero attached hydrogens (tertiary/aromatic N) is 1. The van der Waals surface area contributed by atoms with E-state index in [0.717, 1.165) is 37.7 Å². The van der Waals surface area contributed by atoms with E-state index in [9.17, 15) is 0 Å². The van der Waals surface area contributed by atoms with Crippen molar-refractivity contribution >= 4 is 0 Å². The Balaban J connectivity index is 1.77. The molecule has 0 radical (unpaired) electrons. The van der Waals surface area contributed by atoms with Gasteiger partial charge >= 0.3 is 0 Å². The van der Waals surface area contributed by atoms with Gasteiger partial charge in [0.05, 0.1) is 25.6 Å². The van der Waals surface area contributed by atoms with E-state index in [1.54, 1.807) is 12.5 Å². The summed E-state index contributed by atoms with van der Waals surface area (Å²) in [5.74, 6) is 2.65. The third-order valence-corrected chi connectivity index (χ3v) is 3.03. The molecule has 0 bridgehead atoms. The summed E-state index contributed by atoms with van der Waals surface area (Å²) in [4.78, 5) is 2.20. The highest BCUT2D eigenvalue weighted by molar-refractivity contribution is 5.08. The Morgan fingerprint density at radius 3 is 2.65 bits per heavy atom. The molecule has 0 amide bonds. The summed E-state index contributed by atoms with van der Waals surface area (Å²) in [6.07, 6.45) is 3.48. The van der Waals surface area contributed by atoms with Crippen molar-refractivity contribution in [1.82, 2.24) is 10.2 Å². The lowest BCUT2D eigenvalue weighted by molar-refractivity contribution is 0.281. The first kappa shape index (κ1) is 14.9. The second-order valence-electron chi connectivity index (χ2n) is 5.70. The average Bonchev–Trinajstić information content (AvgIpc) is 3.01. The van der Waals surface area contributed by atoms with E-state index in [1.165, 1.54) is 5.56 Å². The van der Waals surface area contributed by atoms with Gasteiger partial charge in [-0.2, -0.15) is 0 Å². The van der Waals surface area contributed by atoms with Crippen LogP contribution in [0.5, 0.6) is 0 Å². The summed E-state index contributed by atoms with van der Waals surface area (Å²) in [5, 5.41) is 3.38. The molecule has 4 heteroatoms. The molecule has 0 fully saturated rings. The maximum absolute atomic E-state index is 5.83. The summed E-state index contributed by atoms with van der Waals surface area (Å²) in [6, 6.07) is 6.09. The van der Waals surface area contributed by atoms with Crippen molar-refractivity contribution in [3.05, 3.63) is 47.8 Å². The second-order valence-corrected chi connectivity index (χ2v) is 5.70. The maximum atomic E-state index is 5.83. The zero-order chi connectivity index (χ0) is 14.4. The van der Waals surface area contributed by atoms with Crippen molar-refractivity contribution in [2.45, 2.75) is 33.5 Å². The fourth-order valence-corrected chi connectivity index (χ4v) is 2.10. The molecule has 4 nitrogen and oxygen atoms in total. The first-order valence-corrected chi connectivity index (χ1v) is 7.11. The summed E-state index contributed by atoms with van der Waals surface area (Å²) in [5.41, 5.74) is 1.18. The Kier molecular flexibility index (Phi) is 5.44. The van der Waals surface area contributed by atoms with Crippen molar-refractivity contribution in [3.63, 3.8) is 0 Å². The fraction of sp³-hybridized carbons (Fsp3) is 0.500. The van der Waals surface area contributed by atoms with Crippen molar-refractivity contribution in [3.8, 4) is 0 Å². The standard InChI is InChI=1S/C16H24N2O2/c1-13(2)8-17-9-15-4-5-16(20-15)11-18(3)10-14-6-7-19-12-14/h4-7,12-13,17H,8-11H2,1-3H3. The molecule has 110 valence electrons. The van der Waals surface area contributed by atoms with Gasteiger partial charge in [-0.1, -0.05) is 13.8 Å². The smallest absolute Gasteiger partial charge is 0.118 e. The van der Waals surface area contributed by atoms with Crippen LogP contribution < -0.4 is 5.32 Å². The van der Waals surface area contributed by atoms with Crippen LogP contribution in [0.1, 0.15) is 30.9 Å². The molecule has 20 heavy (non-hydrogen) atoms. The Morgan fingerprint density at radius 2 is 1.95 bits per heavy atom. The van der Waals surface area contributed by atoms with E-state index in [-0.39, 0.29) is 0 Å². The van der Waals surface area contributed by atoms with Crippen molar-refractivity contribution in [1.29, 1.82) is 0 Å². The van der Waals surface area contributed by atoms with Gasteiger partial charge in [0, 0.05) is 12.1 Å². The van der Waals surface area contributed by atoms with Gasteiger partial charge < -0.3 is 14.2 Å². The van der Waals surface area contributed by atoms with Gasteiger partial charge in [0.25, 0.3) is 0 Å². The molecule has 2 rings (SSSR count). The number of furan rings is 2. The molecule has 0 unspecified atom stereocenters. The Bertz CT molecular complexity index is 488. The quantitative estimate of drug-likeness (QED) is 0.803. The molecule has 0 atom stereocenters. The summed E-state index contributed by atoms with van der Waals surface area (Å²) in [6.45, 7) is 7.87. The van der Waals surface area contributed by atoms with Crippen LogP contribution in [0.2, 0.25) is 0 Å². The third-order valence-electron chi connectivity index (χ3n) is 3.03. The van der Waals surface area contributed by atoms with Gasteiger partial charge in [-0.05, 0) is 37.7 Å². The molecule has 0 aliphatic rings. The molecule has 2 aromatic heterocycles. The average molecular weight is 276 g/mol. The Labute approximate surface area is 120 Å². The summed E-state index contributed by atoms with van der Waals surface area (Å²) in [7, 11) is 2.08. The van der Waals surface area contributed by atoms with Crippen LogP contribution in [-0.2, 0) is 19.6 Å². The van der Waals surface area contributed by atoms with E-state index < -0.39 is 0 Å². The van der Waals surface area contributed by atoms with Crippen LogP contribution in [0.25, 0.3) is 0 Å². The lowest BCUT2D eigenvalue weighted by Gasteiger charge is -2.13. The second kappa shape index (κ2) is 7.31. The van der Waals surface area contributed by atoms with E-state index >= 15 is 0 Å². The van der Waals surface area contributed by atoms with Crippen LogP contribution >= 0.6 is 0 Å². The van der Waals surface area contributed by atoms with Gasteiger partial charge in [0.15, 0.2) is 0 Å². The first-order chi connectivity index (χ1) is 9.63. The van der Waals surface area contributed by atoms with Crippen molar-refractivity contribution < 1.29 is 8.83 Å². The van der Waals surface area contributed by atoms with E-state index in [2.05, 4.69) is 37.2 Å². The highest BCUT2D eigenvalue weighted by Crippen LogP contribution is 2.12. The molecule has 0 aliphatic carbocycles. The summed E-state index contributed by atoms with van der Waals surface area (Å²) >= 11 is 0. The Hall–Kier alpha value is -1.52. The monoisotopic (exact) mass is 276 g/mol. The Morgan fingerprint density at radius 1 is 1.15 bits per heavy atom. The van der Waals surface area contributed by atoms with Crippen LogP contribution in [0.3, 0.4) is 0 Å². The summed E-state index contributed by atoms with van der Waals surface area (Å²) < 4.78 is 10.9. The molecule has 0 saturated heterocycles. The highest BCUT2D eigenvalue weighted by Gasteiger charge is 2.07. The molecule has 1 N–H and O–H groups in total. The molecule has 0 spiro atoms. The minimum atomic E-state index is 0.658. The van der Waals surface area contributed by atoms with Crippen LogP contribution in [0.15, 0.2) is 39.6 Å². The predicted molar refractivity (Wildman–Crippen MR) is 79.1 cm³/mol. The zero-order valence-electron chi connectivity index (χ0n) is 12.6. The minimum Gasteiger partial charge on any atom is -0.472 e. The lowest BCUT2D eigenvalue weighted by atomic mass is 10.2. The molecule has 0 saturated carbocycles. The number of nitrogens with one attached hydrogen (secondary N) is 1. The molecule has 0 aliphatic heterocycles. The highest BCUT2D eigenvalue weighted by atomic mass is 16.3. The van der Waals surface area contributed by atoms with E-state index in [0.29, 0.717) is 5.92 Å². The van der Waals surface area contributed by atoms with Gasteiger partial charge in [0.1, 0.15) is 11.5 Å². The van der Waals surface area contributed by atoms with Crippen molar-refractivity contribution in [2.75, 3.05) is 13.6 Å². The minimum absolute atomic E-state index is 0.658. The molecule has 2 aromatic rings. The fourth-order valence-electron chi connectivity index (χ4n) is 2.10. The molecular weight excluding hydrogens is 252 g/mol. The third kappa shape index (κ3) is 4.87. The zero-order valence-corrected chi connectivity index (χ0v) is 12.6. The van der Waals surface area contributed by atoms with Gasteiger partial charge in [-0.25, -0.2) is 0 Å². The van der Waals surface area contributed by atoms with Gasteiger partial charge in [-0.15, -0.1) is 0 Å². The molecular formula is C16H24N2O2. The van der Waals surface area contributed by atoms with E-state index in [4.69, 9.17) is 8.83 Å². The molecule has 2 heterocycles. The number of hydrogen-bond donors (Lipinski definition) is 1. The largest absolute Gasteiger partial charge is 0.472 e. The van der Waals surface area contributed by atoms with E-state index in [1.807, 2.05) is 12.1 Å². The lowest BCUT2D eigenvalue weighted by Crippen LogP contribution is -2.18. The predicted octanol–water partition coefficient (Wildman–Crippen LogP) is 3.25. The van der Waals surface area contributed by atoms with Crippen LogP contribution in [-0.4, -0.2) is 18.5 Å². The van der Waals surface area contributed by atoms with Gasteiger partial charge in [0.2, 0.25) is 0 Å². The molecule has 0 aromatic carbocycles. The SMILES string of the molecule is CC(C)CNCc1ccc(CN(C)Cc2ccoc2)o1. The number of rotatable bonds is 8. The maximum Gasteiger partial charge on any atom is 0.118 e.